The van der Waals surface area contributed by atoms with E-state index in [1.807, 2.05) is 20.8 Å². The number of hydrogen-bond donors (Lipinski definition) is 0. The minimum atomic E-state index is -0.491. The molecule has 0 N–H and O–H groups in total. The maximum absolute atomic E-state index is 12.4. The molecule has 2 saturated heterocycles. The van der Waals surface area contributed by atoms with Crippen molar-refractivity contribution in [2.75, 3.05) is 26.2 Å². The predicted molar refractivity (Wildman–Crippen MR) is 84.4 cm³/mol. The normalized spacial score (nSPS) is 24.0. The number of amides is 2. The molecule has 3 rings (SSSR count). The molecule has 2 aliphatic rings. The number of hydrogen-bond acceptors (Lipinski definition) is 4. The van der Waals surface area contributed by atoms with Gasteiger partial charge >= 0.3 is 6.09 Å². The van der Waals surface area contributed by atoms with Gasteiger partial charge in [-0.2, -0.15) is 0 Å². The van der Waals surface area contributed by atoms with Gasteiger partial charge in [0.25, 0.3) is 5.91 Å². The Morgan fingerprint density at radius 2 is 1.70 bits per heavy atom. The number of rotatable bonds is 1. The lowest BCUT2D eigenvalue weighted by atomic mass is 10.0. The molecule has 23 heavy (non-hydrogen) atoms. The van der Waals surface area contributed by atoms with Gasteiger partial charge in [0, 0.05) is 38.0 Å². The van der Waals surface area contributed by atoms with Crippen LogP contribution in [0.4, 0.5) is 4.79 Å². The summed E-state index contributed by atoms with van der Waals surface area (Å²) in [6.45, 7) is 8.08. The first-order valence-electron chi connectivity index (χ1n) is 7.75. The Bertz CT molecular complexity index is 608. The first-order chi connectivity index (χ1) is 10.7. The quantitative estimate of drug-likeness (QED) is 0.788. The highest BCUT2D eigenvalue weighted by atomic mass is 35.5. The second-order valence-corrected chi connectivity index (χ2v) is 7.59. The van der Waals surface area contributed by atoms with Crippen LogP contribution in [0, 0.1) is 11.8 Å². The molecule has 1 aromatic rings. The number of halogens is 1. The summed E-state index contributed by atoms with van der Waals surface area (Å²) in [5.74, 6) is 0.697. The fraction of sp³-hybridized carbons (Fsp3) is 0.625. The van der Waals surface area contributed by atoms with Gasteiger partial charge in [-0.25, -0.2) is 4.79 Å². The van der Waals surface area contributed by atoms with E-state index in [0.29, 0.717) is 26.2 Å². The van der Waals surface area contributed by atoms with E-state index in [0.717, 1.165) is 0 Å². The van der Waals surface area contributed by atoms with E-state index in [1.54, 1.807) is 21.9 Å². The van der Waals surface area contributed by atoms with Crippen molar-refractivity contribution in [3.8, 4) is 0 Å². The number of carbonyl (C=O) groups is 2. The Balaban J connectivity index is 1.57. The van der Waals surface area contributed by atoms with Crippen LogP contribution in [-0.2, 0) is 4.74 Å². The molecule has 2 atom stereocenters. The van der Waals surface area contributed by atoms with Gasteiger partial charge in [-0.15, -0.1) is 0 Å². The van der Waals surface area contributed by atoms with Gasteiger partial charge in [0.1, 0.15) is 5.60 Å². The van der Waals surface area contributed by atoms with Gasteiger partial charge < -0.3 is 19.0 Å². The van der Waals surface area contributed by atoms with Crippen molar-refractivity contribution in [3.63, 3.8) is 0 Å². The third-order valence-electron chi connectivity index (χ3n) is 4.21. The molecule has 2 fully saturated rings. The Hall–Kier alpha value is -1.69. The summed E-state index contributed by atoms with van der Waals surface area (Å²) in [7, 11) is 0. The average molecular weight is 341 g/mol. The topological polar surface area (TPSA) is 63.0 Å². The molecule has 6 nitrogen and oxygen atoms in total. The minimum Gasteiger partial charge on any atom is -0.444 e. The van der Waals surface area contributed by atoms with Gasteiger partial charge in [-0.05, 0) is 44.5 Å². The number of furan rings is 1. The van der Waals surface area contributed by atoms with E-state index in [2.05, 4.69) is 0 Å². The Morgan fingerprint density at radius 1 is 1.13 bits per heavy atom. The van der Waals surface area contributed by atoms with Crippen molar-refractivity contribution in [2.24, 2.45) is 11.8 Å². The Labute approximate surface area is 140 Å². The summed E-state index contributed by atoms with van der Waals surface area (Å²) >= 11 is 5.72. The van der Waals surface area contributed by atoms with E-state index >= 15 is 0 Å². The van der Waals surface area contributed by atoms with Crippen molar-refractivity contribution in [1.29, 1.82) is 0 Å². The number of carbonyl (C=O) groups excluding carboxylic acids is 2. The first-order valence-corrected chi connectivity index (χ1v) is 8.13. The highest BCUT2D eigenvalue weighted by molar-refractivity contribution is 6.29. The molecule has 0 radical (unpaired) electrons. The van der Waals surface area contributed by atoms with E-state index in [-0.39, 0.29) is 34.8 Å². The van der Waals surface area contributed by atoms with E-state index < -0.39 is 5.60 Å². The largest absolute Gasteiger partial charge is 0.444 e. The van der Waals surface area contributed by atoms with Crippen LogP contribution in [0.3, 0.4) is 0 Å². The zero-order valence-corrected chi connectivity index (χ0v) is 14.3. The second kappa shape index (κ2) is 5.74. The lowest BCUT2D eigenvalue weighted by molar-refractivity contribution is 0.0275. The van der Waals surface area contributed by atoms with Crippen LogP contribution < -0.4 is 0 Å². The Morgan fingerprint density at radius 3 is 2.17 bits per heavy atom. The molecule has 7 heteroatoms. The molecule has 0 saturated carbocycles. The van der Waals surface area contributed by atoms with Gasteiger partial charge in [-0.3, -0.25) is 4.79 Å². The molecule has 0 aromatic carbocycles. The number of fused-ring (bicyclic) bond motifs is 1. The Kier molecular flexibility index (Phi) is 4.04. The lowest BCUT2D eigenvalue weighted by Crippen LogP contribution is -2.38. The molecule has 0 bridgehead atoms. The van der Waals surface area contributed by atoms with E-state index in [4.69, 9.17) is 20.8 Å². The maximum atomic E-state index is 12.4. The molecule has 2 amide bonds. The average Bonchev–Trinajstić information content (AvgIpc) is 3.08. The summed E-state index contributed by atoms with van der Waals surface area (Å²) in [5, 5.41) is 0.212. The van der Waals surface area contributed by atoms with Crippen molar-refractivity contribution >= 4 is 23.6 Å². The summed E-state index contributed by atoms with van der Waals surface area (Å²) in [6.07, 6.45) is -0.275. The van der Waals surface area contributed by atoms with Crippen LogP contribution in [0.1, 0.15) is 31.3 Å². The maximum Gasteiger partial charge on any atom is 0.410 e. The zero-order chi connectivity index (χ0) is 16.8. The summed E-state index contributed by atoms with van der Waals surface area (Å²) < 4.78 is 10.6. The van der Waals surface area contributed by atoms with Gasteiger partial charge in [0.15, 0.2) is 11.0 Å². The minimum absolute atomic E-state index is 0.143. The summed E-state index contributed by atoms with van der Waals surface area (Å²) in [6, 6.07) is 3.15. The molecular formula is C16H21ClN2O4. The van der Waals surface area contributed by atoms with Crippen LogP contribution in [0.2, 0.25) is 5.22 Å². The van der Waals surface area contributed by atoms with Crippen LogP contribution in [0.15, 0.2) is 16.5 Å². The molecule has 0 aliphatic carbocycles. The van der Waals surface area contributed by atoms with Crippen LogP contribution in [-0.4, -0.2) is 53.6 Å². The standard InChI is InChI=1S/C16H21ClN2O4/c1-16(2,3)23-15(21)19-8-10-6-18(7-11(10)9-19)14(20)12-4-5-13(17)22-12/h4-5,10-11H,6-9H2,1-3H3/t10-,11+. The van der Waals surface area contributed by atoms with Crippen LogP contribution in [0.25, 0.3) is 0 Å². The van der Waals surface area contributed by atoms with Gasteiger partial charge in [-0.1, -0.05) is 0 Å². The van der Waals surface area contributed by atoms with Gasteiger partial charge in [0.05, 0.1) is 0 Å². The molecule has 0 unspecified atom stereocenters. The second-order valence-electron chi connectivity index (χ2n) is 7.22. The molecule has 0 spiro atoms. The number of nitrogens with zero attached hydrogens (tertiary/aromatic N) is 2. The van der Waals surface area contributed by atoms with Gasteiger partial charge in [0.2, 0.25) is 0 Å². The smallest absolute Gasteiger partial charge is 0.410 e. The highest BCUT2D eigenvalue weighted by Crippen LogP contribution is 2.33. The van der Waals surface area contributed by atoms with Crippen molar-refractivity contribution in [3.05, 3.63) is 23.1 Å². The number of ether oxygens (including phenoxy) is 1. The number of likely N-dealkylation sites (tertiary alicyclic amines) is 2. The van der Waals surface area contributed by atoms with E-state index in [9.17, 15) is 9.59 Å². The first kappa shape index (κ1) is 16.2. The van der Waals surface area contributed by atoms with Crippen molar-refractivity contribution < 1.29 is 18.7 Å². The van der Waals surface area contributed by atoms with E-state index in [1.165, 1.54) is 0 Å². The molecular weight excluding hydrogens is 320 g/mol. The molecule has 1 aromatic heterocycles. The third-order valence-corrected chi connectivity index (χ3v) is 4.41. The third kappa shape index (κ3) is 3.47. The molecule has 2 aliphatic heterocycles. The fourth-order valence-electron chi connectivity index (χ4n) is 3.22. The molecule has 3 heterocycles. The predicted octanol–water partition coefficient (Wildman–Crippen LogP) is 2.87. The highest BCUT2D eigenvalue weighted by Gasteiger charge is 2.44. The monoisotopic (exact) mass is 340 g/mol. The van der Waals surface area contributed by atoms with Crippen LogP contribution >= 0.6 is 11.6 Å². The van der Waals surface area contributed by atoms with Crippen LogP contribution in [0.5, 0.6) is 0 Å². The zero-order valence-electron chi connectivity index (χ0n) is 13.5. The molecule has 126 valence electrons. The van der Waals surface area contributed by atoms with Crippen molar-refractivity contribution in [1.82, 2.24) is 9.80 Å². The summed E-state index contributed by atoms with van der Waals surface area (Å²) in [5.41, 5.74) is -0.491. The van der Waals surface area contributed by atoms with Crippen molar-refractivity contribution in [2.45, 2.75) is 26.4 Å². The lowest BCUT2D eigenvalue weighted by Gasteiger charge is -2.25. The summed E-state index contributed by atoms with van der Waals surface area (Å²) in [4.78, 5) is 28.0. The SMILES string of the molecule is CC(C)(C)OC(=O)N1C[C@@H]2CN(C(=O)c3ccc(Cl)o3)C[C@@H]2C1. The fourth-order valence-corrected chi connectivity index (χ4v) is 3.37.